The van der Waals surface area contributed by atoms with Crippen LogP contribution in [0.25, 0.3) is 16.6 Å². The Kier molecular flexibility index (Phi) is 6.17. The van der Waals surface area contributed by atoms with Crippen molar-refractivity contribution < 1.29 is 9.18 Å². The molecule has 0 radical (unpaired) electrons. The average Bonchev–Trinajstić information content (AvgIpc) is 3.33. The number of thioether (sulfide) groups is 1. The predicted molar refractivity (Wildman–Crippen MR) is 126 cm³/mol. The third kappa shape index (κ3) is 4.08. The van der Waals surface area contributed by atoms with E-state index in [2.05, 4.69) is 15.2 Å². The lowest BCUT2D eigenvalue weighted by Crippen LogP contribution is -2.21. The number of carbonyl (C=O) groups excluding carboxylic acids is 1. The van der Waals surface area contributed by atoms with Gasteiger partial charge in [0.2, 0.25) is 0 Å². The molecule has 0 saturated heterocycles. The number of hydrogen-bond donors (Lipinski definition) is 1. The summed E-state index contributed by atoms with van der Waals surface area (Å²) in [6.45, 7) is 5.83. The Morgan fingerprint density at radius 3 is 2.47 bits per heavy atom. The van der Waals surface area contributed by atoms with Crippen molar-refractivity contribution in [3.63, 3.8) is 0 Å². The third-order valence-corrected chi connectivity index (χ3v) is 6.73. The number of aromatic amines is 1. The standard InChI is InChI=1S/C24H26FN5OS/c1-14-21(19-8-6-7-9-20(19)26-14)22(31)16(3)32-24-28-27-23(15(2)29(4)5)30(24)18-12-10-17(25)11-13-18/h6-13,15-16,26H,1-5H3/t15-,16-/m1/s1. The van der Waals surface area contributed by atoms with Crippen LogP contribution >= 0.6 is 11.8 Å². The molecular weight excluding hydrogens is 425 g/mol. The molecule has 32 heavy (non-hydrogen) atoms. The SMILES string of the molecule is Cc1[nH]c2ccccc2c1C(=O)[C@@H](C)Sc1nnc([C@@H](C)N(C)C)n1-c1ccc(F)cc1. The lowest BCUT2D eigenvalue weighted by Gasteiger charge is -2.21. The van der Waals surface area contributed by atoms with Crippen molar-refractivity contribution in [3.8, 4) is 5.69 Å². The highest BCUT2D eigenvalue weighted by Gasteiger charge is 2.27. The Bertz CT molecular complexity index is 1260. The number of aryl methyl sites for hydroxylation is 1. The van der Waals surface area contributed by atoms with Crippen LogP contribution in [0.1, 0.15) is 41.8 Å². The maximum Gasteiger partial charge on any atom is 0.196 e. The molecule has 2 aromatic heterocycles. The molecule has 0 aliphatic carbocycles. The molecule has 1 N–H and O–H groups in total. The molecule has 0 fully saturated rings. The molecule has 2 atom stereocenters. The van der Waals surface area contributed by atoms with E-state index in [9.17, 15) is 9.18 Å². The van der Waals surface area contributed by atoms with Crippen LogP contribution in [0, 0.1) is 12.7 Å². The summed E-state index contributed by atoms with van der Waals surface area (Å²) in [5.41, 5.74) is 3.26. The van der Waals surface area contributed by atoms with Crippen LogP contribution in [0.15, 0.2) is 53.7 Å². The lowest BCUT2D eigenvalue weighted by atomic mass is 10.1. The Morgan fingerprint density at radius 2 is 1.78 bits per heavy atom. The van der Waals surface area contributed by atoms with Gasteiger partial charge < -0.3 is 4.98 Å². The minimum Gasteiger partial charge on any atom is -0.358 e. The second-order valence-corrected chi connectivity index (χ2v) is 9.40. The second kappa shape index (κ2) is 8.88. The first-order valence-corrected chi connectivity index (χ1v) is 11.3. The van der Waals surface area contributed by atoms with Crippen LogP contribution in [0.4, 0.5) is 4.39 Å². The van der Waals surface area contributed by atoms with E-state index in [4.69, 9.17) is 0 Å². The van der Waals surface area contributed by atoms with E-state index >= 15 is 0 Å². The summed E-state index contributed by atoms with van der Waals surface area (Å²) in [4.78, 5) is 18.8. The zero-order valence-corrected chi connectivity index (χ0v) is 19.6. The first-order valence-electron chi connectivity index (χ1n) is 10.4. The minimum absolute atomic E-state index is 0.0243. The van der Waals surface area contributed by atoms with E-state index < -0.39 is 0 Å². The molecule has 0 aliphatic rings. The molecule has 0 unspecified atom stereocenters. The summed E-state index contributed by atoms with van der Waals surface area (Å²) in [7, 11) is 3.93. The fourth-order valence-corrected chi connectivity index (χ4v) is 4.63. The molecule has 4 rings (SSSR count). The van der Waals surface area contributed by atoms with Crippen molar-refractivity contribution in [1.29, 1.82) is 0 Å². The first kappa shape index (κ1) is 22.2. The van der Waals surface area contributed by atoms with Gasteiger partial charge in [-0.05, 0) is 65.2 Å². The molecular formula is C24H26FN5OS. The number of hydrogen-bond acceptors (Lipinski definition) is 5. The number of benzene rings is 2. The number of para-hydroxylation sites is 1. The monoisotopic (exact) mass is 451 g/mol. The highest BCUT2D eigenvalue weighted by Crippen LogP contribution is 2.32. The second-order valence-electron chi connectivity index (χ2n) is 8.09. The van der Waals surface area contributed by atoms with Crippen LogP contribution in [0.2, 0.25) is 0 Å². The van der Waals surface area contributed by atoms with Gasteiger partial charge in [-0.15, -0.1) is 10.2 Å². The van der Waals surface area contributed by atoms with Crippen LogP contribution in [-0.4, -0.2) is 49.8 Å². The van der Waals surface area contributed by atoms with Crippen molar-refractivity contribution in [2.45, 2.75) is 37.2 Å². The number of nitrogens with zero attached hydrogens (tertiary/aromatic N) is 4. The highest BCUT2D eigenvalue weighted by molar-refractivity contribution is 8.00. The number of halogens is 1. The number of nitrogens with one attached hydrogen (secondary N) is 1. The van der Waals surface area contributed by atoms with Crippen LogP contribution < -0.4 is 0 Å². The maximum atomic E-state index is 13.6. The van der Waals surface area contributed by atoms with Gasteiger partial charge in [-0.3, -0.25) is 14.3 Å². The minimum atomic E-state index is -0.390. The first-order chi connectivity index (χ1) is 15.3. The van der Waals surface area contributed by atoms with E-state index in [1.165, 1.54) is 23.9 Å². The summed E-state index contributed by atoms with van der Waals surface area (Å²) < 4.78 is 15.5. The summed E-state index contributed by atoms with van der Waals surface area (Å²) in [5, 5.41) is 9.95. The Hall–Kier alpha value is -2.97. The molecule has 0 amide bonds. The van der Waals surface area contributed by atoms with Gasteiger partial charge >= 0.3 is 0 Å². The number of carbonyl (C=O) groups is 1. The quantitative estimate of drug-likeness (QED) is 0.310. The topological polar surface area (TPSA) is 66.8 Å². The molecule has 2 aromatic carbocycles. The van der Waals surface area contributed by atoms with Crippen molar-refractivity contribution in [2.75, 3.05) is 14.1 Å². The van der Waals surface area contributed by atoms with Gasteiger partial charge in [0.1, 0.15) is 5.82 Å². The largest absolute Gasteiger partial charge is 0.358 e. The molecule has 0 spiro atoms. The molecule has 166 valence electrons. The van der Waals surface area contributed by atoms with Crippen molar-refractivity contribution in [2.24, 2.45) is 0 Å². The van der Waals surface area contributed by atoms with Gasteiger partial charge in [-0.2, -0.15) is 0 Å². The number of rotatable bonds is 7. The van der Waals surface area contributed by atoms with E-state index in [-0.39, 0.29) is 22.9 Å². The van der Waals surface area contributed by atoms with Gasteiger partial charge in [0, 0.05) is 27.8 Å². The number of fused-ring (bicyclic) bond motifs is 1. The zero-order chi connectivity index (χ0) is 23.0. The van der Waals surface area contributed by atoms with Crippen molar-refractivity contribution >= 4 is 28.4 Å². The summed E-state index contributed by atoms with van der Waals surface area (Å²) in [6.07, 6.45) is 0. The Labute approximate surface area is 190 Å². The lowest BCUT2D eigenvalue weighted by molar-refractivity contribution is 0.0995. The Morgan fingerprint density at radius 1 is 1.09 bits per heavy atom. The summed E-state index contributed by atoms with van der Waals surface area (Å²) >= 11 is 1.36. The van der Waals surface area contributed by atoms with Crippen LogP contribution in [0.5, 0.6) is 0 Å². The third-order valence-electron chi connectivity index (χ3n) is 5.68. The fourth-order valence-electron chi connectivity index (χ4n) is 3.70. The molecule has 0 aliphatic heterocycles. The molecule has 8 heteroatoms. The van der Waals surface area contributed by atoms with Gasteiger partial charge in [0.25, 0.3) is 0 Å². The smallest absolute Gasteiger partial charge is 0.196 e. The summed E-state index contributed by atoms with van der Waals surface area (Å²) in [6, 6.07) is 14.0. The molecule has 6 nitrogen and oxygen atoms in total. The number of aromatic nitrogens is 4. The van der Waals surface area contributed by atoms with E-state index in [1.54, 1.807) is 12.1 Å². The van der Waals surface area contributed by atoms with E-state index in [0.717, 1.165) is 28.1 Å². The number of ketones is 1. The Balaban J connectivity index is 1.71. The van der Waals surface area contributed by atoms with E-state index in [0.29, 0.717) is 10.7 Å². The molecule has 0 bridgehead atoms. The normalized spacial score (nSPS) is 13.6. The molecule has 2 heterocycles. The van der Waals surface area contributed by atoms with Gasteiger partial charge in [0.15, 0.2) is 16.8 Å². The zero-order valence-electron chi connectivity index (χ0n) is 18.8. The van der Waals surface area contributed by atoms with Gasteiger partial charge in [0.05, 0.1) is 11.3 Å². The van der Waals surface area contributed by atoms with Gasteiger partial charge in [-0.25, -0.2) is 4.39 Å². The molecule has 4 aromatic rings. The highest BCUT2D eigenvalue weighted by atomic mass is 32.2. The maximum absolute atomic E-state index is 13.6. The van der Waals surface area contributed by atoms with Crippen molar-refractivity contribution in [1.82, 2.24) is 24.6 Å². The van der Waals surface area contributed by atoms with Crippen LogP contribution in [-0.2, 0) is 0 Å². The number of Topliss-reactive ketones (excluding diaryl/α,β-unsaturated/α-hetero) is 1. The van der Waals surface area contributed by atoms with Crippen LogP contribution in [0.3, 0.4) is 0 Å². The molecule has 0 saturated carbocycles. The number of H-pyrrole nitrogens is 1. The van der Waals surface area contributed by atoms with Crippen molar-refractivity contribution in [3.05, 3.63) is 71.4 Å². The van der Waals surface area contributed by atoms with E-state index in [1.807, 2.05) is 68.6 Å². The fraction of sp³-hybridized carbons (Fsp3) is 0.292. The average molecular weight is 452 g/mol. The van der Waals surface area contributed by atoms with Gasteiger partial charge in [-0.1, -0.05) is 30.0 Å². The summed E-state index contributed by atoms with van der Waals surface area (Å²) in [5.74, 6) is 0.449. The predicted octanol–water partition coefficient (Wildman–Crippen LogP) is 5.18.